The molecule has 1 heterocycles. The van der Waals surface area contributed by atoms with E-state index in [1.165, 1.54) is 6.07 Å². The molecule has 84 valence electrons. The maximum atomic E-state index is 12.9. The van der Waals surface area contributed by atoms with E-state index in [1.807, 2.05) is 0 Å². The van der Waals surface area contributed by atoms with Crippen molar-refractivity contribution in [1.82, 2.24) is 14.8 Å². The van der Waals surface area contributed by atoms with Crippen molar-refractivity contribution in [3.63, 3.8) is 0 Å². The molecular formula is C10H10ClFN4. The molecule has 0 atom stereocenters. The summed E-state index contributed by atoms with van der Waals surface area (Å²) < 4.78 is 14.5. The minimum atomic E-state index is -0.424. The van der Waals surface area contributed by atoms with Crippen molar-refractivity contribution < 1.29 is 4.39 Å². The molecule has 0 unspecified atom stereocenters. The normalized spacial score (nSPS) is 10.7. The van der Waals surface area contributed by atoms with Crippen LogP contribution in [0, 0.1) is 5.82 Å². The zero-order valence-corrected chi connectivity index (χ0v) is 9.15. The summed E-state index contributed by atoms with van der Waals surface area (Å²) in [6.45, 7) is 0.796. The van der Waals surface area contributed by atoms with Gasteiger partial charge in [0.15, 0.2) is 5.82 Å². The number of rotatable bonds is 3. The fraction of sp³-hybridized carbons (Fsp3) is 0.200. The lowest BCUT2D eigenvalue weighted by molar-refractivity contribution is 0.624. The summed E-state index contributed by atoms with van der Waals surface area (Å²) in [7, 11) is 0. The van der Waals surface area contributed by atoms with Gasteiger partial charge in [-0.3, -0.25) is 0 Å². The summed E-state index contributed by atoms with van der Waals surface area (Å²) >= 11 is 5.67. The van der Waals surface area contributed by atoms with Gasteiger partial charge in [-0.1, -0.05) is 17.7 Å². The Bertz CT molecular complexity index is 497. The van der Waals surface area contributed by atoms with Gasteiger partial charge in [-0.2, -0.15) is 5.10 Å². The van der Waals surface area contributed by atoms with E-state index in [4.69, 9.17) is 17.3 Å². The summed E-state index contributed by atoms with van der Waals surface area (Å²) in [5.74, 6) is 0.153. The van der Waals surface area contributed by atoms with Crippen LogP contribution >= 0.6 is 11.6 Å². The smallest absolute Gasteiger partial charge is 0.164 e. The number of hydrogen-bond acceptors (Lipinski definition) is 3. The Hall–Kier alpha value is -1.46. The Balaban J connectivity index is 2.17. The van der Waals surface area contributed by atoms with Crippen LogP contribution in [0.1, 0.15) is 11.4 Å². The molecule has 2 N–H and O–H groups in total. The van der Waals surface area contributed by atoms with E-state index >= 15 is 0 Å². The number of hydrogen-bond donors (Lipinski definition) is 1. The number of halogens is 2. The first-order valence-corrected chi connectivity index (χ1v) is 5.09. The quantitative estimate of drug-likeness (QED) is 0.886. The van der Waals surface area contributed by atoms with E-state index in [0.717, 1.165) is 5.56 Å². The van der Waals surface area contributed by atoms with Gasteiger partial charge in [-0.05, 0) is 17.7 Å². The lowest BCUT2D eigenvalue weighted by atomic mass is 10.2. The molecule has 2 rings (SSSR count). The molecule has 0 spiro atoms. The lowest BCUT2D eigenvalue weighted by Crippen LogP contribution is -2.03. The average Bonchev–Trinajstić information content (AvgIpc) is 2.71. The van der Waals surface area contributed by atoms with Gasteiger partial charge in [0.05, 0.1) is 18.1 Å². The molecule has 0 amide bonds. The Labute approximate surface area is 96.9 Å². The second kappa shape index (κ2) is 4.59. The van der Waals surface area contributed by atoms with Gasteiger partial charge in [0, 0.05) is 0 Å². The third-order valence-corrected chi connectivity index (χ3v) is 2.38. The molecule has 0 radical (unpaired) electrons. The Kier molecular flexibility index (Phi) is 3.17. The predicted octanol–water partition coefficient (Wildman–Crippen LogP) is 1.58. The van der Waals surface area contributed by atoms with E-state index < -0.39 is 5.82 Å². The fourth-order valence-corrected chi connectivity index (χ4v) is 1.53. The summed E-state index contributed by atoms with van der Waals surface area (Å²) in [5.41, 5.74) is 6.25. The van der Waals surface area contributed by atoms with Gasteiger partial charge in [0.25, 0.3) is 0 Å². The number of nitrogens with zero attached hydrogens (tertiary/aromatic N) is 3. The SMILES string of the molecule is NCc1ncn(Cc2ccc(F)c(Cl)c2)n1. The van der Waals surface area contributed by atoms with E-state index in [2.05, 4.69) is 10.1 Å². The van der Waals surface area contributed by atoms with Crippen LogP contribution in [-0.4, -0.2) is 14.8 Å². The molecule has 0 aliphatic carbocycles. The maximum Gasteiger partial charge on any atom is 0.164 e. The second-order valence-electron chi connectivity index (χ2n) is 3.31. The largest absolute Gasteiger partial charge is 0.324 e. The van der Waals surface area contributed by atoms with Gasteiger partial charge >= 0.3 is 0 Å². The second-order valence-corrected chi connectivity index (χ2v) is 3.72. The average molecular weight is 241 g/mol. The summed E-state index contributed by atoms with van der Waals surface area (Å²) in [6.07, 6.45) is 1.58. The van der Waals surface area contributed by atoms with Crippen molar-refractivity contribution in [1.29, 1.82) is 0 Å². The molecular weight excluding hydrogens is 231 g/mol. The minimum absolute atomic E-state index is 0.108. The molecule has 0 bridgehead atoms. The lowest BCUT2D eigenvalue weighted by Gasteiger charge is -2.02. The van der Waals surface area contributed by atoms with Gasteiger partial charge in [0.2, 0.25) is 0 Å². The van der Waals surface area contributed by atoms with E-state index in [1.54, 1.807) is 23.1 Å². The van der Waals surface area contributed by atoms with Gasteiger partial charge < -0.3 is 5.73 Å². The third-order valence-electron chi connectivity index (χ3n) is 2.10. The van der Waals surface area contributed by atoms with Gasteiger partial charge in [-0.15, -0.1) is 0 Å². The van der Waals surface area contributed by atoms with E-state index in [0.29, 0.717) is 18.9 Å². The zero-order valence-electron chi connectivity index (χ0n) is 8.40. The molecule has 0 aliphatic rings. The molecule has 4 nitrogen and oxygen atoms in total. The van der Waals surface area contributed by atoms with Crippen molar-refractivity contribution in [3.8, 4) is 0 Å². The molecule has 0 saturated heterocycles. The van der Waals surface area contributed by atoms with Crippen LogP contribution < -0.4 is 5.73 Å². The van der Waals surface area contributed by atoms with Gasteiger partial charge in [-0.25, -0.2) is 14.1 Å². The molecule has 1 aromatic carbocycles. The summed E-state index contributed by atoms with van der Waals surface area (Å²) in [6, 6.07) is 4.56. The summed E-state index contributed by atoms with van der Waals surface area (Å²) in [4.78, 5) is 3.99. The molecule has 0 fully saturated rings. The molecule has 6 heteroatoms. The Morgan fingerprint density at radius 1 is 1.44 bits per heavy atom. The van der Waals surface area contributed by atoms with Crippen LogP contribution in [0.25, 0.3) is 0 Å². The predicted molar refractivity (Wildman–Crippen MR) is 58.4 cm³/mol. The van der Waals surface area contributed by atoms with Crippen molar-refractivity contribution in [2.45, 2.75) is 13.1 Å². The number of aromatic nitrogens is 3. The van der Waals surface area contributed by atoms with Crippen molar-refractivity contribution >= 4 is 11.6 Å². The molecule has 1 aromatic heterocycles. The zero-order chi connectivity index (χ0) is 11.5. The highest BCUT2D eigenvalue weighted by Crippen LogP contribution is 2.16. The topological polar surface area (TPSA) is 56.7 Å². The van der Waals surface area contributed by atoms with Crippen molar-refractivity contribution in [3.05, 3.63) is 46.8 Å². The molecule has 0 saturated carbocycles. The Morgan fingerprint density at radius 3 is 2.88 bits per heavy atom. The van der Waals surface area contributed by atoms with Crippen LogP contribution in [0.5, 0.6) is 0 Å². The Morgan fingerprint density at radius 2 is 2.25 bits per heavy atom. The number of nitrogens with two attached hydrogens (primary N) is 1. The van der Waals surface area contributed by atoms with Crippen LogP contribution in [0.4, 0.5) is 4.39 Å². The first kappa shape index (κ1) is 11.0. The fourth-order valence-electron chi connectivity index (χ4n) is 1.33. The summed E-state index contributed by atoms with van der Waals surface area (Å²) in [5, 5.41) is 4.23. The molecule has 16 heavy (non-hydrogen) atoms. The van der Waals surface area contributed by atoms with Crippen molar-refractivity contribution in [2.75, 3.05) is 0 Å². The van der Waals surface area contributed by atoms with Crippen molar-refractivity contribution in [2.24, 2.45) is 5.73 Å². The van der Waals surface area contributed by atoms with E-state index in [9.17, 15) is 4.39 Å². The highest BCUT2D eigenvalue weighted by atomic mass is 35.5. The highest BCUT2D eigenvalue weighted by molar-refractivity contribution is 6.30. The van der Waals surface area contributed by atoms with Gasteiger partial charge in [0.1, 0.15) is 12.1 Å². The number of benzene rings is 1. The highest BCUT2D eigenvalue weighted by Gasteiger charge is 2.03. The van der Waals surface area contributed by atoms with Crippen LogP contribution in [0.15, 0.2) is 24.5 Å². The van der Waals surface area contributed by atoms with E-state index in [-0.39, 0.29) is 5.02 Å². The molecule has 2 aromatic rings. The monoisotopic (exact) mass is 240 g/mol. The van der Waals surface area contributed by atoms with Crippen LogP contribution in [0.2, 0.25) is 5.02 Å². The van der Waals surface area contributed by atoms with Crippen LogP contribution in [0.3, 0.4) is 0 Å². The molecule has 0 aliphatic heterocycles. The standard InChI is InChI=1S/C10H10ClFN4/c11-8-3-7(1-2-9(8)12)5-16-6-14-10(4-13)15-16/h1-3,6H,4-5,13H2. The first-order valence-electron chi connectivity index (χ1n) is 4.71. The maximum absolute atomic E-state index is 12.9. The first-order chi connectivity index (χ1) is 7.69. The minimum Gasteiger partial charge on any atom is -0.324 e. The van der Waals surface area contributed by atoms with Crippen LogP contribution in [-0.2, 0) is 13.1 Å². The third kappa shape index (κ3) is 2.37.